The van der Waals surface area contributed by atoms with Gasteiger partial charge < -0.3 is 18.6 Å². The predicted molar refractivity (Wildman–Crippen MR) is 130 cm³/mol. The minimum absolute atomic E-state index is 0.153. The van der Waals surface area contributed by atoms with Gasteiger partial charge in [0.2, 0.25) is 0 Å². The average molecular weight is 428 g/mol. The number of hydrogen-bond donors (Lipinski definition) is 0. The third-order valence-corrected chi connectivity index (χ3v) is 5.83. The summed E-state index contributed by atoms with van der Waals surface area (Å²) >= 11 is 0. The molecule has 2 aliphatic heterocycles. The molecule has 2 aliphatic rings. The smallest absolute Gasteiger partial charge is 0.131 e. The van der Waals surface area contributed by atoms with Crippen LogP contribution in [0, 0.1) is 0 Å². The number of aromatic nitrogens is 4. The highest BCUT2D eigenvalue weighted by Gasteiger charge is 2.11. The molecule has 5 rings (SSSR count). The Bertz CT molecular complexity index is 1450. The zero-order valence-electron chi connectivity index (χ0n) is 19.6. The summed E-state index contributed by atoms with van der Waals surface area (Å²) in [5, 5.41) is 0. The van der Waals surface area contributed by atoms with Crippen molar-refractivity contribution in [1.82, 2.24) is 19.1 Å². The van der Waals surface area contributed by atoms with Gasteiger partial charge in [-0.1, -0.05) is 0 Å². The normalized spacial score (nSPS) is 15.1. The van der Waals surface area contributed by atoms with Gasteiger partial charge in [0.15, 0.2) is 0 Å². The van der Waals surface area contributed by atoms with Gasteiger partial charge in [-0.15, -0.1) is 0 Å². The number of hydrogen-bond acceptors (Lipinski definition) is 4. The summed E-state index contributed by atoms with van der Waals surface area (Å²) in [5.74, 6) is 0. The maximum Gasteiger partial charge on any atom is 0.131 e. The lowest BCUT2D eigenvalue weighted by atomic mass is 10.3. The maximum atomic E-state index is 8.59. The minimum atomic E-state index is -0.252. The molecule has 0 saturated heterocycles. The van der Waals surface area contributed by atoms with Crippen LogP contribution >= 0.6 is 0 Å². The zero-order valence-corrected chi connectivity index (χ0v) is 18.6. The van der Waals surface area contributed by atoms with Crippen LogP contribution in [-0.4, -0.2) is 33.3 Å². The Morgan fingerprint density at radius 2 is 1.03 bits per heavy atom. The van der Waals surface area contributed by atoms with Crippen molar-refractivity contribution >= 4 is 46.4 Å². The molecule has 0 spiro atoms. The van der Waals surface area contributed by atoms with Gasteiger partial charge in [-0.2, -0.15) is 0 Å². The molecule has 6 heteroatoms. The van der Waals surface area contributed by atoms with Crippen LogP contribution < -0.4 is 0 Å². The lowest BCUT2D eigenvalue weighted by Crippen LogP contribution is -2.06. The molecular weight excluding hydrogens is 400 g/mol. The second-order valence-corrected chi connectivity index (χ2v) is 7.86. The highest BCUT2D eigenvalue weighted by molar-refractivity contribution is 5.78. The fourth-order valence-corrected chi connectivity index (χ4v) is 4.11. The van der Waals surface area contributed by atoms with Crippen molar-refractivity contribution in [3.63, 3.8) is 0 Å². The van der Waals surface area contributed by atoms with Gasteiger partial charge in [0.05, 0.1) is 24.1 Å². The molecule has 3 aromatic rings. The maximum absolute atomic E-state index is 8.59. The van der Waals surface area contributed by atoms with E-state index in [9.17, 15) is 0 Å². The molecule has 0 radical (unpaired) electrons. The third-order valence-electron chi connectivity index (χ3n) is 5.83. The highest BCUT2D eigenvalue weighted by atomic mass is 16.5. The van der Waals surface area contributed by atoms with Crippen LogP contribution in [0.15, 0.2) is 48.5 Å². The van der Waals surface area contributed by atoms with Gasteiger partial charge in [-0.3, -0.25) is 0 Å². The summed E-state index contributed by atoms with van der Waals surface area (Å²) in [6.07, 6.45) is 7.52. The van der Waals surface area contributed by atoms with Crippen molar-refractivity contribution in [2.45, 2.75) is 26.3 Å². The summed E-state index contributed by atoms with van der Waals surface area (Å²) in [5.41, 5.74) is 6.89. The highest BCUT2D eigenvalue weighted by Crippen LogP contribution is 2.24. The lowest BCUT2D eigenvalue weighted by Gasteiger charge is -2.14. The van der Waals surface area contributed by atoms with Gasteiger partial charge in [-0.25, -0.2) is 9.97 Å². The Kier molecular flexibility index (Phi) is 4.94. The van der Waals surface area contributed by atoms with E-state index in [-0.39, 0.29) is 12.5 Å². The Morgan fingerprint density at radius 3 is 1.47 bits per heavy atom. The average Bonchev–Trinajstić information content (AvgIpc) is 3.57. The van der Waals surface area contributed by atoms with Gasteiger partial charge in [0.25, 0.3) is 0 Å². The van der Waals surface area contributed by atoms with Crippen LogP contribution in [-0.2, 0) is 9.47 Å². The van der Waals surface area contributed by atoms with E-state index < -0.39 is 0 Å². The standard InChI is InChI=1S/C26H26N4O2/c1-17(31-3)29-23-9-10-24(29)14-20-6-8-22(28-20)16-26-12-11-25(30(26)18(2)32-4)15-21-7-5-19(13-23)27-21/h5-18H,1-4H3/i9D. The minimum Gasteiger partial charge on any atom is -0.362 e. The molecule has 0 aromatic carbocycles. The quantitative estimate of drug-likeness (QED) is 0.357. The van der Waals surface area contributed by atoms with Crippen molar-refractivity contribution in [2.75, 3.05) is 14.2 Å². The van der Waals surface area contributed by atoms with Crippen LogP contribution in [0.4, 0.5) is 0 Å². The molecule has 6 nitrogen and oxygen atoms in total. The predicted octanol–water partition coefficient (Wildman–Crippen LogP) is 5.93. The second-order valence-electron chi connectivity index (χ2n) is 7.86. The first-order valence-electron chi connectivity index (χ1n) is 11.1. The first kappa shape index (κ1) is 19.2. The molecule has 0 fully saturated rings. The Balaban J connectivity index is 1.91. The molecule has 5 heterocycles. The Labute approximate surface area is 188 Å². The molecule has 0 saturated carbocycles. The van der Waals surface area contributed by atoms with Crippen molar-refractivity contribution in [3.8, 4) is 0 Å². The molecule has 32 heavy (non-hydrogen) atoms. The molecule has 8 bridgehead atoms. The Morgan fingerprint density at radius 1 is 0.656 bits per heavy atom. The fourth-order valence-electron chi connectivity index (χ4n) is 4.11. The fraction of sp³-hybridized carbons (Fsp3) is 0.231. The van der Waals surface area contributed by atoms with Gasteiger partial charge in [0.1, 0.15) is 12.5 Å². The van der Waals surface area contributed by atoms with E-state index in [1.54, 1.807) is 14.2 Å². The summed E-state index contributed by atoms with van der Waals surface area (Å²) in [6, 6.07) is 14.4. The molecule has 3 aromatic heterocycles. The molecule has 0 N–H and O–H groups in total. The van der Waals surface area contributed by atoms with E-state index in [1.807, 2.05) is 73.1 Å². The summed E-state index contributed by atoms with van der Waals surface area (Å²) in [6.45, 7) is 3.98. The SMILES string of the molecule is [2H]c1cc2cc3nc(cc4ccc(cc5nc(cc1n2C(C)OC)C=C5)n4C(C)OC)C=C3. The molecule has 0 amide bonds. The van der Waals surface area contributed by atoms with Gasteiger partial charge >= 0.3 is 0 Å². The van der Waals surface area contributed by atoms with E-state index in [4.69, 9.17) is 20.8 Å². The number of ether oxygens (including phenoxy) is 2. The molecular formula is C26H26N4O2. The first-order chi connectivity index (χ1) is 16.0. The summed E-state index contributed by atoms with van der Waals surface area (Å²) < 4.78 is 24.0. The molecule has 2 atom stereocenters. The van der Waals surface area contributed by atoms with Crippen molar-refractivity contribution in [1.29, 1.82) is 0 Å². The van der Waals surface area contributed by atoms with E-state index in [1.165, 1.54) is 0 Å². The lowest BCUT2D eigenvalue weighted by molar-refractivity contribution is 0.0672. The summed E-state index contributed by atoms with van der Waals surface area (Å²) in [7, 11) is 3.37. The number of nitrogens with zero attached hydrogens (tertiary/aromatic N) is 4. The van der Waals surface area contributed by atoms with Crippen LogP contribution in [0.5, 0.6) is 0 Å². The summed E-state index contributed by atoms with van der Waals surface area (Å²) in [4.78, 5) is 9.56. The zero-order chi connectivity index (χ0) is 23.1. The molecule has 2 unspecified atom stereocenters. The van der Waals surface area contributed by atoms with E-state index in [2.05, 4.69) is 16.7 Å². The van der Waals surface area contributed by atoms with Crippen molar-refractivity contribution in [3.05, 3.63) is 71.3 Å². The van der Waals surface area contributed by atoms with E-state index in [0.717, 1.165) is 44.8 Å². The monoisotopic (exact) mass is 427 g/mol. The van der Waals surface area contributed by atoms with Crippen LogP contribution in [0.25, 0.3) is 46.4 Å². The van der Waals surface area contributed by atoms with Crippen molar-refractivity contribution in [2.24, 2.45) is 0 Å². The van der Waals surface area contributed by atoms with Crippen LogP contribution in [0.1, 0.15) is 50.4 Å². The van der Waals surface area contributed by atoms with Crippen LogP contribution in [0.3, 0.4) is 0 Å². The molecule has 0 aliphatic carbocycles. The first-order valence-corrected chi connectivity index (χ1v) is 10.6. The van der Waals surface area contributed by atoms with Crippen molar-refractivity contribution < 1.29 is 10.8 Å². The molecule has 162 valence electrons. The Hall–Kier alpha value is -3.48. The van der Waals surface area contributed by atoms with E-state index >= 15 is 0 Å². The second kappa shape index (κ2) is 8.22. The number of methoxy groups -OCH3 is 2. The topological polar surface area (TPSA) is 54.1 Å². The third kappa shape index (κ3) is 3.68. The van der Waals surface area contributed by atoms with Gasteiger partial charge in [-0.05, 0) is 86.7 Å². The largest absolute Gasteiger partial charge is 0.362 e. The van der Waals surface area contributed by atoms with E-state index in [0.29, 0.717) is 6.04 Å². The van der Waals surface area contributed by atoms with Gasteiger partial charge in [0, 0.05) is 36.3 Å². The number of rotatable bonds is 4. The number of fused-ring (bicyclic) bond motifs is 8. The van der Waals surface area contributed by atoms with Crippen LogP contribution in [0.2, 0.25) is 0 Å².